The molecule has 0 aliphatic heterocycles. The molecular weight excluding hydrogens is 701 g/mol. The Morgan fingerprint density at radius 1 is 0.902 bits per heavy atom. The molecule has 4 aromatic heterocycles. The summed E-state index contributed by atoms with van der Waals surface area (Å²) in [7, 11) is 0. The van der Waals surface area contributed by atoms with Crippen LogP contribution in [0.5, 0.6) is 0 Å². The van der Waals surface area contributed by atoms with Crippen molar-refractivity contribution in [3.63, 3.8) is 0 Å². The minimum atomic E-state index is -1.49. The summed E-state index contributed by atoms with van der Waals surface area (Å²) in [5.74, 6) is 0. The van der Waals surface area contributed by atoms with E-state index < -0.39 is 11.8 Å². The second-order valence-electron chi connectivity index (χ2n) is 10.8. The maximum Gasteiger partial charge on any atom is 0.122 e. The van der Waals surface area contributed by atoms with Crippen molar-refractivity contribution < 1.29 is 27.3 Å². The zero-order valence-electron chi connectivity index (χ0n) is 25.3. The van der Waals surface area contributed by atoms with Gasteiger partial charge in [-0.2, -0.15) is 0 Å². The van der Waals surface area contributed by atoms with Gasteiger partial charge in [0.2, 0.25) is 0 Å². The smallest absolute Gasteiger partial charge is 0.122 e. The molecule has 0 saturated carbocycles. The van der Waals surface area contributed by atoms with Gasteiger partial charge in [0.05, 0.1) is 5.58 Å². The number of aromatic nitrogens is 2. The van der Waals surface area contributed by atoms with Gasteiger partial charge in [0.25, 0.3) is 0 Å². The number of furan rings is 1. The number of rotatable bonds is 3. The molecule has 207 valence electrons. The molecule has 0 aliphatic carbocycles. The van der Waals surface area contributed by atoms with Crippen LogP contribution in [0.4, 0.5) is 0 Å². The predicted molar refractivity (Wildman–Crippen MR) is 168 cm³/mol. The average Bonchev–Trinajstić information content (AvgIpc) is 3.60. The Morgan fingerprint density at radius 2 is 1.78 bits per heavy atom. The van der Waals surface area contributed by atoms with E-state index in [9.17, 15) is 0 Å². The summed E-state index contributed by atoms with van der Waals surface area (Å²) in [6, 6.07) is 32.2. The molecule has 0 saturated heterocycles. The van der Waals surface area contributed by atoms with E-state index in [0.717, 1.165) is 38.8 Å². The van der Waals surface area contributed by atoms with Crippen LogP contribution in [0.15, 0.2) is 101 Å². The fourth-order valence-corrected chi connectivity index (χ4v) is 5.45. The van der Waals surface area contributed by atoms with E-state index in [4.69, 9.17) is 7.16 Å². The Labute approximate surface area is 261 Å². The predicted octanol–water partition coefficient (Wildman–Crippen LogP) is 10.1. The molecule has 7 aromatic rings. The molecule has 0 N–H and O–H groups in total. The van der Waals surface area contributed by atoms with Gasteiger partial charge < -0.3 is 14.4 Å². The number of benzene rings is 3. The Kier molecular flexibility index (Phi) is 7.74. The van der Waals surface area contributed by atoms with E-state index in [0.29, 0.717) is 11.3 Å². The summed E-state index contributed by atoms with van der Waals surface area (Å²) < 4.78 is 24.6. The molecule has 0 amide bonds. The SMILES string of the molecule is Cc1ccc(-c2[c-]cccc2)nc1.[2H]C([2H])(c1ccnc(-c2[c-]ccc3c2oc2cc4sccc4cc23)c1)C(C)(C)C.[Ir]. The second kappa shape index (κ2) is 12.1. The van der Waals surface area contributed by atoms with E-state index in [1.807, 2.05) is 82.4 Å². The summed E-state index contributed by atoms with van der Waals surface area (Å²) in [5.41, 5.74) is 6.28. The average molecular weight is 733 g/mol. The van der Waals surface area contributed by atoms with Gasteiger partial charge in [-0.3, -0.25) is 0 Å². The maximum absolute atomic E-state index is 8.60. The monoisotopic (exact) mass is 733 g/mol. The van der Waals surface area contributed by atoms with Crippen LogP contribution in [-0.4, -0.2) is 9.97 Å². The molecule has 0 fully saturated rings. The molecule has 7 rings (SSSR count). The van der Waals surface area contributed by atoms with Crippen molar-refractivity contribution in [3.05, 3.63) is 120 Å². The maximum atomic E-state index is 8.60. The van der Waals surface area contributed by atoms with Gasteiger partial charge in [-0.25, -0.2) is 0 Å². The fraction of sp³-hybridized carbons (Fsp3) is 0.167. The third-order valence-corrected chi connectivity index (χ3v) is 7.32. The van der Waals surface area contributed by atoms with E-state index in [1.54, 1.807) is 23.6 Å². The molecule has 0 spiro atoms. The minimum absolute atomic E-state index is 0. The molecular formula is C36H30IrN2OS-2. The van der Waals surface area contributed by atoms with Gasteiger partial charge >= 0.3 is 0 Å². The van der Waals surface area contributed by atoms with Crippen molar-refractivity contribution in [1.82, 2.24) is 9.97 Å². The number of nitrogens with zero attached hydrogens (tertiary/aromatic N) is 2. The second-order valence-corrected chi connectivity index (χ2v) is 11.8. The Bertz CT molecular complexity index is 2010. The molecule has 4 heterocycles. The van der Waals surface area contributed by atoms with Gasteiger partial charge in [0.1, 0.15) is 5.58 Å². The third kappa shape index (κ3) is 6.49. The Hall–Kier alpha value is -3.63. The van der Waals surface area contributed by atoms with Gasteiger partial charge in [-0.15, -0.1) is 65.4 Å². The molecule has 3 aromatic carbocycles. The van der Waals surface area contributed by atoms with Crippen molar-refractivity contribution in [2.75, 3.05) is 0 Å². The number of fused-ring (bicyclic) bond motifs is 4. The first-order valence-corrected chi connectivity index (χ1v) is 14.1. The third-order valence-electron chi connectivity index (χ3n) is 6.44. The van der Waals surface area contributed by atoms with Gasteiger partial charge in [-0.1, -0.05) is 55.5 Å². The first-order valence-electron chi connectivity index (χ1n) is 14.2. The molecule has 0 aliphatic rings. The topological polar surface area (TPSA) is 38.9 Å². The summed E-state index contributed by atoms with van der Waals surface area (Å²) in [6.07, 6.45) is 2.05. The van der Waals surface area contributed by atoms with Crippen molar-refractivity contribution in [3.8, 4) is 22.5 Å². The number of hydrogen-bond donors (Lipinski definition) is 0. The Balaban J connectivity index is 0.000000221. The number of pyridine rings is 2. The van der Waals surface area contributed by atoms with E-state index in [-0.39, 0.29) is 20.1 Å². The van der Waals surface area contributed by atoms with Gasteiger partial charge in [-0.05, 0) is 70.7 Å². The Morgan fingerprint density at radius 3 is 2.54 bits per heavy atom. The van der Waals surface area contributed by atoms with Crippen LogP contribution in [-0.2, 0) is 26.5 Å². The van der Waals surface area contributed by atoms with Crippen LogP contribution < -0.4 is 0 Å². The van der Waals surface area contributed by atoms with Crippen LogP contribution in [0.3, 0.4) is 0 Å². The van der Waals surface area contributed by atoms with Crippen molar-refractivity contribution in [1.29, 1.82) is 0 Å². The molecule has 0 atom stereocenters. The number of aryl methyl sites for hydroxylation is 1. The zero-order chi connectivity index (χ0) is 29.5. The molecule has 0 unspecified atom stereocenters. The number of thiophene rings is 1. The minimum Gasteiger partial charge on any atom is -0.501 e. The first-order chi connectivity index (χ1) is 20.1. The number of hydrogen-bond acceptors (Lipinski definition) is 4. The molecule has 3 nitrogen and oxygen atoms in total. The van der Waals surface area contributed by atoms with Gasteiger partial charge in [0.15, 0.2) is 0 Å². The normalized spacial score (nSPS) is 12.4. The van der Waals surface area contributed by atoms with Crippen molar-refractivity contribution in [2.24, 2.45) is 5.41 Å². The molecule has 41 heavy (non-hydrogen) atoms. The molecule has 0 bridgehead atoms. The quantitative estimate of drug-likeness (QED) is 0.170. The summed E-state index contributed by atoms with van der Waals surface area (Å²) in [4.78, 5) is 8.83. The fourth-order valence-electron chi connectivity index (χ4n) is 4.65. The van der Waals surface area contributed by atoms with Crippen LogP contribution in [0.25, 0.3) is 54.5 Å². The van der Waals surface area contributed by atoms with Crippen molar-refractivity contribution in [2.45, 2.75) is 34.1 Å². The molecule has 5 heteroatoms. The zero-order valence-corrected chi connectivity index (χ0v) is 26.5. The summed E-state index contributed by atoms with van der Waals surface area (Å²) in [6.45, 7) is 7.76. The largest absolute Gasteiger partial charge is 0.501 e. The van der Waals surface area contributed by atoms with E-state index in [1.165, 1.54) is 15.6 Å². The summed E-state index contributed by atoms with van der Waals surface area (Å²) in [5, 5.41) is 5.39. The van der Waals surface area contributed by atoms with Crippen LogP contribution in [0.2, 0.25) is 0 Å². The van der Waals surface area contributed by atoms with Crippen molar-refractivity contribution >= 4 is 43.4 Å². The van der Waals surface area contributed by atoms with Crippen LogP contribution >= 0.6 is 11.3 Å². The standard InChI is InChI=1S/C24H20NOS.C12H10N.Ir/c1-24(2,3)14-15-7-9-25-20(11-15)18-6-4-5-17-19-12-16-8-10-27-22(16)13-21(19)26-23(17)18;1-10-7-8-12(13-9-10)11-5-3-2-4-6-11;/h4-5,7-13H,14H2,1-3H3;2-5,7-9H,1H3;/q2*-1;/i14D2;;. The first kappa shape index (κ1) is 26.3. The molecule has 1 radical (unpaired) electrons. The van der Waals surface area contributed by atoms with Crippen LogP contribution in [0, 0.1) is 24.5 Å². The van der Waals surface area contributed by atoms with E-state index in [2.05, 4.69) is 51.7 Å². The van der Waals surface area contributed by atoms with Gasteiger partial charge in [0, 0.05) is 45.3 Å². The van der Waals surface area contributed by atoms with Crippen LogP contribution in [0.1, 0.15) is 34.6 Å². The van der Waals surface area contributed by atoms with E-state index >= 15 is 0 Å². The summed E-state index contributed by atoms with van der Waals surface area (Å²) >= 11 is 1.70.